The minimum absolute atomic E-state index is 0.140. The van der Waals surface area contributed by atoms with Crippen molar-refractivity contribution >= 4 is 15.9 Å². The number of alkyl halides is 3. The fourth-order valence-electron chi connectivity index (χ4n) is 3.54. The van der Waals surface area contributed by atoms with E-state index in [1.54, 1.807) is 20.8 Å². The number of aromatic nitrogens is 3. The maximum Gasteiger partial charge on any atom is 0.405 e. The van der Waals surface area contributed by atoms with Crippen LogP contribution in [-0.2, 0) is 16.6 Å². The number of nitrogens with zero attached hydrogens (tertiary/aromatic N) is 4. The van der Waals surface area contributed by atoms with Crippen molar-refractivity contribution in [3.05, 3.63) is 41.5 Å². The number of sulfonamides is 1. The number of carbonyl (C=O) groups excluding carboxylic acids is 1. The predicted molar refractivity (Wildman–Crippen MR) is 110 cm³/mol. The fourth-order valence-corrected chi connectivity index (χ4v) is 4.66. The molecule has 0 amide bonds. The second-order valence-electron chi connectivity index (χ2n) is 8.89. The molecule has 0 aliphatic carbocycles. The summed E-state index contributed by atoms with van der Waals surface area (Å²) < 4.78 is 85.3. The molecular formula is C20H24F4N4O4S. The summed E-state index contributed by atoms with van der Waals surface area (Å²) in [4.78, 5) is 16.9. The Morgan fingerprint density at radius 1 is 1.18 bits per heavy atom. The first-order chi connectivity index (χ1) is 15.1. The lowest BCUT2D eigenvalue weighted by molar-refractivity contribution is -0.169. The number of carbonyl (C=O) groups is 1. The highest BCUT2D eigenvalue weighted by Crippen LogP contribution is 2.43. The van der Waals surface area contributed by atoms with Crippen LogP contribution in [0.4, 0.5) is 17.6 Å². The molecule has 0 bridgehead atoms. The van der Waals surface area contributed by atoms with Crippen LogP contribution in [0, 0.1) is 11.2 Å². The summed E-state index contributed by atoms with van der Waals surface area (Å²) in [6, 6.07) is 2.63. The van der Waals surface area contributed by atoms with Gasteiger partial charge in [0.15, 0.2) is 5.82 Å². The smallest absolute Gasteiger partial charge is 0.405 e. The largest absolute Gasteiger partial charge is 0.458 e. The van der Waals surface area contributed by atoms with Gasteiger partial charge in [-0.2, -0.15) is 22.5 Å². The van der Waals surface area contributed by atoms with Crippen molar-refractivity contribution in [2.75, 3.05) is 12.8 Å². The third kappa shape index (κ3) is 5.52. The van der Waals surface area contributed by atoms with E-state index in [4.69, 9.17) is 4.74 Å². The van der Waals surface area contributed by atoms with E-state index in [9.17, 15) is 30.8 Å². The molecule has 1 aromatic carbocycles. The van der Waals surface area contributed by atoms with Crippen LogP contribution in [0.3, 0.4) is 0 Å². The maximum atomic E-state index is 13.8. The number of rotatable bonds is 5. The van der Waals surface area contributed by atoms with Gasteiger partial charge in [-0.05, 0) is 24.1 Å². The molecule has 33 heavy (non-hydrogen) atoms. The van der Waals surface area contributed by atoms with E-state index in [0.29, 0.717) is 16.1 Å². The van der Waals surface area contributed by atoms with Crippen molar-refractivity contribution in [2.24, 2.45) is 5.41 Å². The van der Waals surface area contributed by atoms with Crippen LogP contribution < -0.4 is 4.74 Å². The van der Waals surface area contributed by atoms with Gasteiger partial charge in [0.25, 0.3) is 5.91 Å². The Morgan fingerprint density at radius 3 is 2.30 bits per heavy atom. The molecule has 8 nitrogen and oxygen atoms in total. The average Bonchev–Trinajstić information content (AvgIpc) is 3.30. The molecule has 0 N–H and O–H groups in total. The van der Waals surface area contributed by atoms with Crippen molar-refractivity contribution in [3.8, 4) is 6.01 Å². The zero-order chi connectivity index (χ0) is 24.8. The lowest BCUT2D eigenvalue weighted by Crippen LogP contribution is -2.46. The third-order valence-electron chi connectivity index (χ3n) is 5.15. The van der Waals surface area contributed by atoms with Gasteiger partial charge >= 0.3 is 12.2 Å². The van der Waals surface area contributed by atoms with E-state index in [0.717, 1.165) is 4.68 Å². The summed E-state index contributed by atoms with van der Waals surface area (Å²) in [5.41, 5.74) is -0.426. The summed E-state index contributed by atoms with van der Waals surface area (Å²) in [5, 5.41) is 4.01. The quantitative estimate of drug-likeness (QED) is 0.594. The molecule has 0 spiro atoms. The molecule has 1 aliphatic heterocycles. The Hall–Kier alpha value is -2.54. The molecule has 1 aliphatic rings. The van der Waals surface area contributed by atoms with Gasteiger partial charge in [0.1, 0.15) is 18.5 Å². The van der Waals surface area contributed by atoms with E-state index in [1.165, 1.54) is 24.3 Å². The van der Waals surface area contributed by atoms with Gasteiger partial charge in [-0.25, -0.2) is 12.8 Å². The highest BCUT2D eigenvalue weighted by Gasteiger charge is 2.56. The lowest BCUT2D eigenvalue weighted by atomic mass is 9.96. The molecule has 1 fully saturated rings. The summed E-state index contributed by atoms with van der Waals surface area (Å²) in [6.07, 6.45) is -4.35. The van der Waals surface area contributed by atoms with Gasteiger partial charge in [-0.1, -0.05) is 32.9 Å². The molecule has 1 aromatic heterocycles. The van der Waals surface area contributed by atoms with Crippen LogP contribution in [-0.4, -0.2) is 58.4 Å². The standard InChI is InChI=1S/C20H24F4N4O4S/c1-19(2,3)17(29)28-18(32-11-12-5-7-13(21)8-6-12)25-16(26-28)14-9-10-27(33(4,30)31)15(14)20(22,23)24/h5-8,14-15H,9-11H2,1-4H3. The molecule has 1 saturated heterocycles. The second kappa shape index (κ2) is 8.67. The highest BCUT2D eigenvalue weighted by molar-refractivity contribution is 7.88. The third-order valence-corrected chi connectivity index (χ3v) is 6.42. The van der Waals surface area contributed by atoms with Gasteiger partial charge < -0.3 is 4.74 Å². The van der Waals surface area contributed by atoms with Gasteiger partial charge in [0.05, 0.1) is 6.26 Å². The molecule has 0 saturated carbocycles. The Morgan fingerprint density at radius 2 is 1.79 bits per heavy atom. The topological polar surface area (TPSA) is 94.4 Å². The van der Waals surface area contributed by atoms with E-state index < -0.39 is 45.3 Å². The van der Waals surface area contributed by atoms with Crippen molar-refractivity contribution in [1.29, 1.82) is 0 Å². The molecule has 0 radical (unpaired) electrons. The van der Waals surface area contributed by atoms with Gasteiger partial charge in [0, 0.05) is 17.9 Å². The number of halogens is 4. The Bertz CT molecular complexity index is 1120. The summed E-state index contributed by atoms with van der Waals surface area (Å²) in [5.74, 6) is -2.78. The minimum Gasteiger partial charge on any atom is -0.458 e. The van der Waals surface area contributed by atoms with Gasteiger partial charge in [0.2, 0.25) is 10.0 Å². The van der Waals surface area contributed by atoms with Crippen LogP contribution >= 0.6 is 0 Å². The second-order valence-corrected chi connectivity index (χ2v) is 10.8. The molecule has 2 heterocycles. The zero-order valence-corrected chi connectivity index (χ0v) is 19.2. The first-order valence-corrected chi connectivity index (χ1v) is 11.9. The molecular weight excluding hydrogens is 468 g/mol. The van der Waals surface area contributed by atoms with E-state index in [-0.39, 0.29) is 31.4 Å². The first-order valence-electron chi connectivity index (χ1n) is 10.0. The van der Waals surface area contributed by atoms with Crippen molar-refractivity contribution < 1.29 is 35.5 Å². The van der Waals surface area contributed by atoms with Crippen LogP contribution in [0.2, 0.25) is 0 Å². The SMILES string of the molecule is CC(C)(C)C(=O)n1nc(C2CCN(S(C)(=O)=O)C2C(F)(F)F)nc1OCc1ccc(F)cc1. The van der Waals surface area contributed by atoms with E-state index >= 15 is 0 Å². The molecule has 2 unspecified atom stereocenters. The summed E-state index contributed by atoms with van der Waals surface area (Å²) in [6.45, 7) is 4.29. The number of hydrogen-bond acceptors (Lipinski definition) is 6. The van der Waals surface area contributed by atoms with Crippen molar-refractivity contribution in [2.45, 2.75) is 51.9 Å². The molecule has 182 valence electrons. The van der Waals surface area contributed by atoms with E-state index in [1.807, 2.05) is 0 Å². The number of ether oxygens (including phenoxy) is 1. The van der Waals surface area contributed by atoms with Crippen molar-refractivity contribution in [1.82, 2.24) is 19.1 Å². The maximum absolute atomic E-state index is 13.8. The van der Waals surface area contributed by atoms with Gasteiger partial charge in [-0.15, -0.1) is 9.78 Å². The Labute approximate surface area is 188 Å². The highest BCUT2D eigenvalue weighted by atomic mass is 32.2. The van der Waals surface area contributed by atoms with Crippen LogP contribution in [0.25, 0.3) is 0 Å². The van der Waals surface area contributed by atoms with Crippen LogP contribution in [0.15, 0.2) is 24.3 Å². The zero-order valence-electron chi connectivity index (χ0n) is 18.4. The summed E-state index contributed by atoms with van der Waals surface area (Å²) >= 11 is 0. The minimum atomic E-state index is -4.88. The average molecular weight is 492 g/mol. The normalized spacial score (nSPS) is 20.2. The van der Waals surface area contributed by atoms with Gasteiger partial charge in [-0.3, -0.25) is 4.79 Å². The monoisotopic (exact) mass is 492 g/mol. The lowest BCUT2D eigenvalue weighted by Gasteiger charge is -2.27. The first kappa shape index (κ1) is 25.1. The summed E-state index contributed by atoms with van der Waals surface area (Å²) in [7, 11) is -4.15. The molecule has 3 rings (SSSR count). The number of hydrogen-bond donors (Lipinski definition) is 0. The Balaban J connectivity index is 2.00. The van der Waals surface area contributed by atoms with Crippen molar-refractivity contribution in [3.63, 3.8) is 0 Å². The molecule has 2 atom stereocenters. The number of benzene rings is 1. The fraction of sp³-hybridized carbons (Fsp3) is 0.550. The predicted octanol–water partition coefficient (Wildman–Crippen LogP) is 3.36. The van der Waals surface area contributed by atoms with E-state index in [2.05, 4.69) is 10.1 Å². The Kier molecular flexibility index (Phi) is 6.59. The van der Waals surface area contributed by atoms with Crippen LogP contribution in [0.5, 0.6) is 6.01 Å². The molecule has 13 heteroatoms. The molecule has 2 aromatic rings. The van der Waals surface area contributed by atoms with Crippen LogP contribution in [0.1, 0.15) is 49.3 Å².